The fraction of sp³-hybridized carbons (Fsp3) is 0.148. The zero-order valence-corrected chi connectivity index (χ0v) is 16.8. The van der Waals surface area contributed by atoms with E-state index in [-0.39, 0.29) is 0 Å². The van der Waals surface area contributed by atoms with Gasteiger partial charge in [0.2, 0.25) is 0 Å². The van der Waals surface area contributed by atoms with E-state index in [0.29, 0.717) is 6.61 Å². The number of aromatic nitrogens is 2. The van der Waals surface area contributed by atoms with Crippen LogP contribution in [0.2, 0.25) is 0 Å². The second-order valence-corrected chi connectivity index (χ2v) is 7.51. The Morgan fingerprint density at radius 2 is 1.27 bits per heavy atom. The molecule has 0 saturated heterocycles. The van der Waals surface area contributed by atoms with Crippen LogP contribution in [0.25, 0.3) is 6.08 Å². The molecule has 0 atom stereocenters. The molecule has 0 amide bonds. The number of hydrogen-bond acceptors (Lipinski definition) is 2. The zero-order chi connectivity index (χ0) is 20.2. The Hall–Kier alpha value is -3.59. The van der Waals surface area contributed by atoms with Gasteiger partial charge in [0.05, 0.1) is 12.8 Å². The third kappa shape index (κ3) is 3.03. The maximum atomic E-state index is 6.08. The lowest BCUT2D eigenvalue weighted by molar-refractivity contribution is 0.308. The number of nitrogens with zero attached hydrogens (tertiary/aromatic N) is 2. The molecule has 2 heterocycles. The Morgan fingerprint density at radius 3 is 1.80 bits per heavy atom. The quantitative estimate of drug-likeness (QED) is 0.404. The molecule has 3 heteroatoms. The van der Waals surface area contributed by atoms with Crippen molar-refractivity contribution in [2.45, 2.75) is 18.4 Å². The van der Waals surface area contributed by atoms with E-state index in [4.69, 9.17) is 9.84 Å². The third-order valence-electron chi connectivity index (χ3n) is 5.71. The monoisotopic (exact) mass is 392 g/mol. The van der Waals surface area contributed by atoms with Gasteiger partial charge in [0.25, 0.3) is 0 Å². The highest BCUT2D eigenvalue weighted by molar-refractivity contribution is 5.58. The maximum Gasteiger partial charge on any atom is 0.164 e. The summed E-state index contributed by atoms with van der Waals surface area (Å²) in [6, 6.07) is 31.8. The first-order valence-corrected chi connectivity index (χ1v) is 10.4. The minimum absolute atomic E-state index is 0.621. The number of ether oxygens (including phenoxy) is 1. The van der Waals surface area contributed by atoms with Crippen LogP contribution in [0, 0.1) is 0 Å². The highest BCUT2D eigenvalue weighted by atomic mass is 16.5. The minimum Gasteiger partial charge on any atom is -0.490 e. The maximum absolute atomic E-state index is 6.08. The third-order valence-corrected chi connectivity index (χ3v) is 5.71. The van der Waals surface area contributed by atoms with E-state index < -0.39 is 5.54 Å². The Labute approximate surface area is 177 Å². The van der Waals surface area contributed by atoms with Gasteiger partial charge in [0.1, 0.15) is 11.2 Å². The van der Waals surface area contributed by atoms with E-state index in [2.05, 4.69) is 108 Å². The lowest BCUT2D eigenvalue weighted by Gasteiger charge is -2.37. The molecule has 1 aromatic heterocycles. The average Bonchev–Trinajstić information content (AvgIpc) is 3.18. The first-order chi connectivity index (χ1) is 14.9. The molecular formula is C27H24N2O. The fourth-order valence-electron chi connectivity index (χ4n) is 4.36. The van der Waals surface area contributed by atoms with E-state index in [1.807, 2.05) is 6.20 Å². The molecule has 5 rings (SSSR count). The zero-order valence-electron chi connectivity index (χ0n) is 16.8. The van der Waals surface area contributed by atoms with Gasteiger partial charge in [-0.15, -0.1) is 0 Å². The summed E-state index contributed by atoms with van der Waals surface area (Å²) in [7, 11) is 0. The smallest absolute Gasteiger partial charge is 0.164 e. The van der Waals surface area contributed by atoms with Gasteiger partial charge < -0.3 is 4.74 Å². The molecule has 0 radical (unpaired) electrons. The van der Waals surface area contributed by atoms with Gasteiger partial charge in [0, 0.05) is 0 Å². The van der Waals surface area contributed by atoms with Gasteiger partial charge in [-0.3, -0.25) is 0 Å². The van der Waals surface area contributed by atoms with E-state index >= 15 is 0 Å². The Bertz CT molecular complexity index is 1030. The van der Waals surface area contributed by atoms with Crippen LogP contribution in [0.3, 0.4) is 0 Å². The molecule has 30 heavy (non-hydrogen) atoms. The Morgan fingerprint density at radius 1 is 0.733 bits per heavy atom. The molecule has 0 aliphatic carbocycles. The molecule has 148 valence electrons. The van der Waals surface area contributed by atoms with Gasteiger partial charge >= 0.3 is 0 Å². The summed E-state index contributed by atoms with van der Waals surface area (Å²) in [6.45, 7) is 0.706. The average molecular weight is 393 g/mol. The molecule has 1 aliphatic heterocycles. The molecule has 3 nitrogen and oxygen atoms in total. The number of fused-ring (bicyclic) bond motifs is 1. The second-order valence-electron chi connectivity index (χ2n) is 7.51. The highest BCUT2D eigenvalue weighted by Gasteiger charge is 2.41. The molecule has 0 fully saturated rings. The van der Waals surface area contributed by atoms with Crippen LogP contribution < -0.4 is 4.74 Å². The van der Waals surface area contributed by atoms with Crippen molar-refractivity contribution < 1.29 is 4.74 Å². The van der Waals surface area contributed by atoms with Crippen molar-refractivity contribution in [1.82, 2.24) is 9.78 Å². The van der Waals surface area contributed by atoms with E-state index in [1.54, 1.807) is 0 Å². The predicted molar refractivity (Wildman–Crippen MR) is 121 cm³/mol. The van der Waals surface area contributed by atoms with Gasteiger partial charge in [-0.25, -0.2) is 4.68 Å². The number of allylic oxidation sites excluding steroid dienone is 1. The van der Waals surface area contributed by atoms with Crippen molar-refractivity contribution in [3.8, 4) is 5.75 Å². The summed E-state index contributed by atoms with van der Waals surface area (Å²) in [5.41, 5.74) is 3.84. The van der Waals surface area contributed by atoms with Crippen molar-refractivity contribution in [3.05, 3.63) is 126 Å². The molecule has 0 saturated carbocycles. The Balaban J connectivity index is 1.89. The summed E-state index contributed by atoms with van der Waals surface area (Å²) < 4.78 is 8.21. The lowest BCUT2D eigenvalue weighted by Crippen LogP contribution is -2.39. The van der Waals surface area contributed by atoms with Crippen LogP contribution in [0.5, 0.6) is 5.75 Å². The second kappa shape index (κ2) is 8.03. The van der Waals surface area contributed by atoms with E-state index in [1.165, 1.54) is 0 Å². The van der Waals surface area contributed by atoms with Crippen molar-refractivity contribution in [3.63, 3.8) is 0 Å². The summed E-state index contributed by atoms with van der Waals surface area (Å²) in [6.07, 6.45) is 8.26. The van der Waals surface area contributed by atoms with Gasteiger partial charge in [-0.05, 0) is 35.6 Å². The highest BCUT2D eigenvalue weighted by Crippen LogP contribution is 2.43. The van der Waals surface area contributed by atoms with Crippen LogP contribution in [-0.2, 0) is 5.54 Å². The van der Waals surface area contributed by atoms with Crippen molar-refractivity contribution >= 4 is 6.08 Å². The molecule has 0 unspecified atom stereocenters. The van der Waals surface area contributed by atoms with Crippen molar-refractivity contribution in [2.24, 2.45) is 0 Å². The molecular weight excluding hydrogens is 368 g/mol. The van der Waals surface area contributed by atoms with Crippen molar-refractivity contribution in [2.75, 3.05) is 6.61 Å². The standard InChI is InChI=1S/C27H24N2O/c1-5-13-22(14-6-1)27(23-15-7-2-8-16-23,24-17-9-3-10-18-24)29-25-19-11-4-12-20-30-26(25)21-28-29/h1-3,5-11,13-19,21H,4,12,20H2/b19-11-. The van der Waals surface area contributed by atoms with Gasteiger partial charge in [-0.1, -0.05) is 97.1 Å². The van der Waals surface area contributed by atoms with Crippen LogP contribution in [-0.4, -0.2) is 16.4 Å². The van der Waals surface area contributed by atoms with Crippen LogP contribution in [0.1, 0.15) is 35.2 Å². The van der Waals surface area contributed by atoms with E-state index in [0.717, 1.165) is 41.0 Å². The topological polar surface area (TPSA) is 27.1 Å². The molecule has 4 aromatic rings. The predicted octanol–water partition coefficient (Wildman–Crippen LogP) is 5.91. The normalized spacial score (nSPS) is 14.8. The van der Waals surface area contributed by atoms with Crippen LogP contribution >= 0.6 is 0 Å². The van der Waals surface area contributed by atoms with Crippen LogP contribution in [0.15, 0.2) is 103 Å². The molecule has 0 N–H and O–H groups in total. The summed E-state index contributed by atoms with van der Waals surface area (Å²) in [5.74, 6) is 0.832. The SMILES string of the molecule is C1=C\c2c(cnn2C(c2ccccc2)(c2ccccc2)c2ccccc2)OCCC/1. The molecule has 1 aliphatic rings. The fourth-order valence-corrected chi connectivity index (χ4v) is 4.36. The first kappa shape index (κ1) is 18.4. The van der Waals surface area contributed by atoms with E-state index in [9.17, 15) is 0 Å². The summed E-state index contributed by atoms with van der Waals surface area (Å²) >= 11 is 0. The summed E-state index contributed by atoms with van der Waals surface area (Å²) in [4.78, 5) is 0. The number of hydrogen-bond donors (Lipinski definition) is 0. The van der Waals surface area contributed by atoms with Gasteiger partial charge in [0.15, 0.2) is 5.75 Å². The molecule has 0 spiro atoms. The number of benzene rings is 3. The number of rotatable bonds is 4. The molecule has 3 aromatic carbocycles. The molecule has 0 bridgehead atoms. The van der Waals surface area contributed by atoms with Gasteiger partial charge in [-0.2, -0.15) is 5.10 Å². The Kier molecular flexibility index (Phi) is 4.94. The van der Waals surface area contributed by atoms with Crippen molar-refractivity contribution in [1.29, 1.82) is 0 Å². The van der Waals surface area contributed by atoms with Crippen LogP contribution in [0.4, 0.5) is 0 Å². The largest absolute Gasteiger partial charge is 0.490 e. The summed E-state index contributed by atoms with van der Waals surface area (Å²) in [5, 5.41) is 4.92. The lowest BCUT2D eigenvalue weighted by atomic mass is 9.77. The minimum atomic E-state index is -0.621. The first-order valence-electron chi connectivity index (χ1n) is 10.4.